The zero-order chi connectivity index (χ0) is 22.4. The molecule has 0 aromatic rings. The molecule has 0 aromatic heterocycles. The van der Waals surface area contributed by atoms with E-state index < -0.39 is 5.60 Å². The topological polar surface area (TPSA) is 46.5 Å². The molecule has 0 heterocycles. The van der Waals surface area contributed by atoms with E-state index in [9.17, 15) is 9.90 Å². The minimum atomic E-state index is -0.447. The van der Waals surface area contributed by atoms with E-state index in [2.05, 4.69) is 31.2 Å². The molecule has 0 saturated heterocycles. The Morgan fingerprint density at radius 2 is 1.77 bits per heavy atom. The van der Waals surface area contributed by atoms with Gasteiger partial charge in [-0.3, -0.25) is 4.79 Å². The van der Waals surface area contributed by atoms with Gasteiger partial charge in [0, 0.05) is 6.92 Å². The molecule has 0 aliphatic heterocycles. The number of rotatable bonds is 18. The fourth-order valence-electron chi connectivity index (χ4n) is 5.07. The van der Waals surface area contributed by atoms with E-state index >= 15 is 0 Å². The molecule has 1 saturated carbocycles. The third kappa shape index (κ3) is 10.9. The minimum absolute atomic E-state index is 0.169. The first-order chi connectivity index (χ1) is 15.0. The lowest BCUT2D eigenvalue weighted by atomic mass is 9.85. The van der Waals surface area contributed by atoms with E-state index in [0.29, 0.717) is 18.4 Å². The largest absolute Gasteiger partial charge is 0.466 e. The number of esters is 1. The normalized spacial score (nSPS) is 22.8. The van der Waals surface area contributed by atoms with Crippen LogP contribution in [0.4, 0.5) is 0 Å². The second-order valence-corrected chi connectivity index (χ2v) is 10.1. The van der Waals surface area contributed by atoms with Crippen LogP contribution < -0.4 is 0 Å². The van der Waals surface area contributed by atoms with E-state index in [1.165, 1.54) is 84.0 Å². The highest BCUT2D eigenvalue weighted by atomic mass is 16.5. The number of hydrogen-bond acceptors (Lipinski definition) is 3. The van der Waals surface area contributed by atoms with Gasteiger partial charge in [0.2, 0.25) is 0 Å². The summed E-state index contributed by atoms with van der Waals surface area (Å²) in [6, 6.07) is 0. The van der Waals surface area contributed by atoms with Gasteiger partial charge in [0.05, 0.1) is 12.2 Å². The molecule has 2 rings (SSSR count). The first-order valence-electron chi connectivity index (χ1n) is 13.2. The van der Waals surface area contributed by atoms with Gasteiger partial charge in [0.25, 0.3) is 0 Å². The van der Waals surface area contributed by atoms with E-state index in [1.807, 2.05) is 0 Å². The predicted octanol–water partition coefficient (Wildman–Crippen LogP) is 7.53. The van der Waals surface area contributed by atoms with Crippen LogP contribution in [0.5, 0.6) is 0 Å². The van der Waals surface area contributed by atoms with Gasteiger partial charge in [-0.1, -0.05) is 89.0 Å². The smallest absolute Gasteiger partial charge is 0.302 e. The molecule has 31 heavy (non-hydrogen) atoms. The van der Waals surface area contributed by atoms with Crippen molar-refractivity contribution in [2.75, 3.05) is 6.61 Å². The molecule has 1 unspecified atom stereocenters. The van der Waals surface area contributed by atoms with Gasteiger partial charge in [-0.05, 0) is 62.7 Å². The number of unbranched alkanes of at least 4 members (excludes halogenated alkanes) is 8. The number of carbonyl (C=O) groups excluding carboxylic acids is 1. The summed E-state index contributed by atoms with van der Waals surface area (Å²) in [6.45, 7) is 4.30. The lowest BCUT2D eigenvalue weighted by Crippen LogP contribution is -2.30. The molecule has 3 heteroatoms. The Labute approximate surface area is 191 Å². The average molecular weight is 433 g/mol. The molecule has 2 aliphatic rings. The molecule has 0 radical (unpaired) electrons. The third-order valence-corrected chi connectivity index (χ3v) is 7.25. The maximum Gasteiger partial charge on any atom is 0.302 e. The number of hydrogen-bond donors (Lipinski definition) is 1. The Balaban J connectivity index is 1.59. The number of aliphatic hydroxyl groups is 1. The third-order valence-electron chi connectivity index (χ3n) is 7.25. The van der Waals surface area contributed by atoms with Crippen molar-refractivity contribution >= 4 is 5.97 Å². The van der Waals surface area contributed by atoms with Gasteiger partial charge in [-0.25, -0.2) is 0 Å². The molecule has 3 atom stereocenters. The molecule has 0 amide bonds. The number of ether oxygens (including phenoxy) is 1. The number of carbonyl (C=O) groups is 1. The van der Waals surface area contributed by atoms with Crippen molar-refractivity contribution in [1.29, 1.82) is 0 Å². The summed E-state index contributed by atoms with van der Waals surface area (Å²) in [5.74, 6) is 1.69. The standard InChI is InChI=1S/C28H48O3/c1-3-4-5-11-21-28(30,27-19-20-27)22-14-18-26-17-13-16-25(26)15-10-8-6-7-9-12-23-31-24(2)29/h13-14,17-18,25-27,30H,3-12,15-16,19-23H2,1-2H3/b18-14+/t25-,26+,28?/m0/s1. The average Bonchev–Trinajstić information content (AvgIpc) is 3.52. The second-order valence-electron chi connectivity index (χ2n) is 10.1. The molecule has 0 aromatic carbocycles. The summed E-state index contributed by atoms with van der Waals surface area (Å²) < 4.78 is 4.98. The van der Waals surface area contributed by atoms with Gasteiger partial charge in [-0.15, -0.1) is 0 Å². The second kappa shape index (κ2) is 14.9. The monoisotopic (exact) mass is 432 g/mol. The van der Waals surface area contributed by atoms with Crippen LogP contribution in [-0.4, -0.2) is 23.3 Å². The first kappa shape index (κ1) is 26.2. The predicted molar refractivity (Wildman–Crippen MR) is 130 cm³/mol. The quantitative estimate of drug-likeness (QED) is 0.138. The molecule has 0 bridgehead atoms. The van der Waals surface area contributed by atoms with Crippen LogP contribution in [0.15, 0.2) is 24.3 Å². The molecular weight excluding hydrogens is 384 g/mol. The minimum Gasteiger partial charge on any atom is -0.466 e. The van der Waals surface area contributed by atoms with Crippen molar-refractivity contribution in [2.45, 2.75) is 122 Å². The fraction of sp³-hybridized carbons (Fsp3) is 0.821. The van der Waals surface area contributed by atoms with Gasteiger partial charge >= 0.3 is 5.97 Å². The molecular formula is C28H48O3. The van der Waals surface area contributed by atoms with Crippen molar-refractivity contribution in [3.8, 4) is 0 Å². The Morgan fingerprint density at radius 1 is 1.06 bits per heavy atom. The van der Waals surface area contributed by atoms with Crippen molar-refractivity contribution in [3.63, 3.8) is 0 Å². The van der Waals surface area contributed by atoms with Crippen LogP contribution in [0.2, 0.25) is 0 Å². The van der Waals surface area contributed by atoms with Gasteiger partial charge in [0.15, 0.2) is 0 Å². The Kier molecular flexibility index (Phi) is 12.6. The highest BCUT2D eigenvalue weighted by Gasteiger charge is 2.42. The Hall–Kier alpha value is -1.09. The van der Waals surface area contributed by atoms with Crippen LogP contribution in [0, 0.1) is 17.8 Å². The Bertz CT molecular complexity index is 548. The van der Waals surface area contributed by atoms with Crippen molar-refractivity contribution in [1.82, 2.24) is 0 Å². The number of allylic oxidation sites excluding steroid dienone is 3. The molecule has 0 spiro atoms. The lowest BCUT2D eigenvalue weighted by molar-refractivity contribution is -0.141. The van der Waals surface area contributed by atoms with Gasteiger partial charge < -0.3 is 9.84 Å². The lowest BCUT2D eigenvalue weighted by Gasteiger charge is -2.27. The zero-order valence-corrected chi connectivity index (χ0v) is 20.3. The van der Waals surface area contributed by atoms with Crippen molar-refractivity contribution in [2.24, 2.45) is 17.8 Å². The molecule has 1 N–H and O–H groups in total. The highest BCUT2D eigenvalue weighted by molar-refractivity contribution is 5.65. The summed E-state index contributed by atoms with van der Waals surface area (Å²) in [6.07, 6.45) is 28.5. The Morgan fingerprint density at radius 3 is 2.48 bits per heavy atom. The van der Waals surface area contributed by atoms with Crippen LogP contribution in [0.25, 0.3) is 0 Å². The SMILES string of the molecule is CCCCCCC(O)(C/C=C/[C@H]1C=CC[C@@H]1CCCCCCCCOC(C)=O)C1CC1. The van der Waals surface area contributed by atoms with E-state index in [4.69, 9.17) is 4.74 Å². The van der Waals surface area contributed by atoms with Crippen LogP contribution in [-0.2, 0) is 9.53 Å². The summed E-state index contributed by atoms with van der Waals surface area (Å²) in [5.41, 5.74) is -0.447. The molecule has 178 valence electrons. The van der Waals surface area contributed by atoms with Gasteiger partial charge in [-0.2, -0.15) is 0 Å². The zero-order valence-electron chi connectivity index (χ0n) is 20.3. The van der Waals surface area contributed by atoms with E-state index in [1.54, 1.807) is 0 Å². The molecule has 2 aliphatic carbocycles. The van der Waals surface area contributed by atoms with E-state index in [0.717, 1.165) is 31.6 Å². The highest BCUT2D eigenvalue weighted by Crippen LogP contribution is 2.45. The van der Waals surface area contributed by atoms with Crippen molar-refractivity contribution < 1.29 is 14.6 Å². The maximum absolute atomic E-state index is 11.2. The van der Waals surface area contributed by atoms with Crippen LogP contribution >= 0.6 is 0 Å². The van der Waals surface area contributed by atoms with Crippen LogP contribution in [0.3, 0.4) is 0 Å². The first-order valence-corrected chi connectivity index (χ1v) is 13.2. The summed E-state index contributed by atoms with van der Waals surface area (Å²) >= 11 is 0. The molecule has 1 fully saturated rings. The molecule has 3 nitrogen and oxygen atoms in total. The van der Waals surface area contributed by atoms with E-state index in [-0.39, 0.29) is 5.97 Å². The maximum atomic E-state index is 11.2. The summed E-state index contributed by atoms with van der Waals surface area (Å²) in [7, 11) is 0. The van der Waals surface area contributed by atoms with Crippen molar-refractivity contribution in [3.05, 3.63) is 24.3 Å². The summed E-state index contributed by atoms with van der Waals surface area (Å²) in [4.78, 5) is 10.7. The summed E-state index contributed by atoms with van der Waals surface area (Å²) in [5, 5.41) is 11.2. The van der Waals surface area contributed by atoms with Crippen LogP contribution in [0.1, 0.15) is 117 Å². The van der Waals surface area contributed by atoms with Gasteiger partial charge in [0.1, 0.15) is 0 Å². The fourth-order valence-corrected chi connectivity index (χ4v) is 5.07.